The summed E-state index contributed by atoms with van der Waals surface area (Å²) in [5, 5.41) is 5.94. The molecule has 25 heavy (non-hydrogen) atoms. The molecule has 0 saturated heterocycles. The first kappa shape index (κ1) is 20.9. The Balaban J connectivity index is 0.00000312. The van der Waals surface area contributed by atoms with E-state index < -0.39 is 18.1 Å². The second-order valence-corrected chi connectivity index (χ2v) is 5.72. The van der Waals surface area contributed by atoms with Crippen molar-refractivity contribution < 1.29 is 22.5 Å². The number of aromatic nitrogens is 2. The number of carbonyl (C=O) groups is 1. The molecule has 1 amide bonds. The van der Waals surface area contributed by atoms with Gasteiger partial charge in [-0.3, -0.25) is 4.79 Å². The monoisotopic (exact) mass is 378 g/mol. The van der Waals surface area contributed by atoms with E-state index >= 15 is 0 Å². The molecule has 10 heteroatoms. The number of halogens is 4. The lowest BCUT2D eigenvalue weighted by Gasteiger charge is -2.14. The first-order valence-electron chi connectivity index (χ1n) is 7.24. The minimum Gasteiger partial charge on any atom is -0.329 e. The van der Waals surface area contributed by atoms with E-state index in [-0.39, 0.29) is 30.1 Å². The van der Waals surface area contributed by atoms with Gasteiger partial charge in [0.1, 0.15) is 0 Å². The molecule has 1 atom stereocenters. The van der Waals surface area contributed by atoms with Crippen LogP contribution < -0.4 is 11.1 Å². The lowest BCUT2D eigenvalue weighted by Crippen LogP contribution is -2.36. The summed E-state index contributed by atoms with van der Waals surface area (Å²) in [7, 11) is 0. The Morgan fingerprint density at radius 2 is 1.88 bits per heavy atom. The normalized spacial score (nSPS) is 12.6. The Kier molecular flexibility index (Phi) is 6.95. The molecule has 1 heterocycles. The molecule has 0 aliphatic carbocycles. The van der Waals surface area contributed by atoms with Gasteiger partial charge in [0.05, 0.1) is 6.04 Å². The third-order valence-corrected chi connectivity index (χ3v) is 3.14. The highest BCUT2D eigenvalue weighted by atomic mass is 35.5. The maximum atomic E-state index is 12.4. The average molecular weight is 379 g/mol. The van der Waals surface area contributed by atoms with Gasteiger partial charge < -0.3 is 15.6 Å². The van der Waals surface area contributed by atoms with Crippen LogP contribution in [0.2, 0.25) is 0 Å². The molecule has 2 aromatic rings. The zero-order valence-electron chi connectivity index (χ0n) is 13.5. The number of amides is 1. The van der Waals surface area contributed by atoms with Gasteiger partial charge in [-0.25, -0.2) is 0 Å². The van der Waals surface area contributed by atoms with Crippen LogP contribution in [0.4, 0.5) is 18.9 Å². The highest BCUT2D eigenvalue weighted by Gasteiger charge is 2.38. The summed E-state index contributed by atoms with van der Waals surface area (Å²) >= 11 is 0. The summed E-state index contributed by atoms with van der Waals surface area (Å²) in [5.41, 5.74) is 6.59. The highest BCUT2D eigenvalue weighted by molar-refractivity contribution is 5.94. The van der Waals surface area contributed by atoms with Crippen LogP contribution in [-0.4, -0.2) is 22.1 Å². The van der Waals surface area contributed by atoms with Gasteiger partial charge in [-0.05, 0) is 36.6 Å². The quantitative estimate of drug-likeness (QED) is 0.830. The van der Waals surface area contributed by atoms with Gasteiger partial charge in [0.2, 0.25) is 11.7 Å². The van der Waals surface area contributed by atoms with Crippen LogP contribution in [-0.2, 0) is 11.0 Å². The van der Waals surface area contributed by atoms with Crippen LogP contribution in [0.3, 0.4) is 0 Å². The maximum absolute atomic E-state index is 12.4. The molecule has 0 spiro atoms. The number of alkyl halides is 3. The van der Waals surface area contributed by atoms with E-state index in [1.165, 1.54) is 24.3 Å². The van der Waals surface area contributed by atoms with Gasteiger partial charge in [-0.1, -0.05) is 19.0 Å². The first-order valence-corrected chi connectivity index (χ1v) is 7.24. The van der Waals surface area contributed by atoms with Gasteiger partial charge in [0.15, 0.2) is 0 Å². The number of hydrogen-bond donors (Lipinski definition) is 2. The van der Waals surface area contributed by atoms with E-state index in [1.54, 1.807) is 0 Å². The van der Waals surface area contributed by atoms with E-state index in [9.17, 15) is 18.0 Å². The summed E-state index contributed by atoms with van der Waals surface area (Å²) < 4.78 is 41.5. The lowest BCUT2D eigenvalue weighted by atomic mass is 10.0. The Labute approximate surface area is 148 Å². The fraction of sp³-hybridized carbons (Fsp3) is 0.400. The number of nitrogens with two attached hydrogens (primary N) is 1. The predicted molar refractivity (Wildman–Crippen MR) is 88.0 cm³/mol. The van der Waals surface area contributed by atoms with Gasteiger partial charge in [-0.2, -0.15) is 18.2 Å². The van der Waals surface area contributed by atoms with Crippen molar-refractivity contribution in [2.24, 2.45) is 11.7 Å². The Morgan fingerprint density at radius 3 is 2.36 bits per heavy atom. The summed E-state index contributed by atoms with van der Waals surface area (Å²) in [4.78, 5) is 15.2. The molecular weight excluding hydrogens is 361 g/mol. The van der Waals surface area contributed by atoms with E-state index in [2.05, 4.69) is 20.0 Å². The SMILES string of the molecule is CC(C)C[C@H](N)C(=O)Nc1ccc(-c2noc(C(F)(F)F)n2)cc1.Cl. The molecule has 0 aliphatic rings. The molecule has 138 valence electrons. The number of nitrogens with zero attached hydrogens (tertiary/aromatic N) is 2. The van der Waals surface area contributed by atoms with Crippen molar-refractivity contribution in [3.63, 3.8) is 0 Å². The number of rotatable bonds is 5. The summed E-state index contributed by atoms with van der Waals surface area (Å²) in [5.74, 6) is -1.63. The second-order valence-electron chi connectivity index (χ2n) is 5.72. The molecule has 3 N–H and O–H groups in total. The van der Waals surface area contributed by atoms with Crippen molar-refractivity contribution in [2.45, 2.75) is 32.5 Å². The van der Waals surface area contributed by atoms with Crippen molar-refractivity contribution in [2.75, 3.05) is 5.32 Å². The van der Waals surface area contributed by atoms with Crippen LogP contribution in [0.15, 0.2) is 28.8 Å². The number of hydrogen-bond acceptors (Lipinski definition) is 5. The van der Waals surface area contributed by atoms with Gasteiger partial charge >= 0.3 is 12.1 Å². The molecule has 6 nitrogen and oxygen atoms in total. The molecule has 0 aliphatic heterocycles. The Morgan fingerprint density at radius 1 is 1.28 bits per heavy atom. The van der Waals surface area contributed by atoms with Crippen molar-refractivity contribution in [1.82, 2.24) is 10.1 Å². The number of anilines is 1. The van der Waals surface area contributed by atoms with E-state index in [1.807, 2.05) is 13.8 Å². The van der Waals surface area contributed by atoms with Gasteiger partial charge in [0, 0.05) is 11.3 Å². The van der Waals surface area contributed by atoms with Crippen LogP contribution in [0.5, 0.6) is 0 Å². The van der Waals surface area contributed by atoms with Crippen molar-refractivity contribution in [3.8, 4) is 11.4 Å². The minimum atomic E-state index is -4.69. The van der Waals surface area contributed by atoms with Crippen LogP contribution in [0, 0.1) is 5.92 Å². The standard InChI is InChI=1S/C15H17F3N4O2.ClH/c1-8(2)7-11(19)13(23)20-10-5-3-9(4-6-10)12-21-14(24-22-12)15(16,17)18;/h3-6,8,11H,7,19H2,1-2H3,(H,20,23);1H/t11-;/m0./s1. The average Bonchev–Trinajstić information content (AvgIpc) is 2.97. The molecule has 1 aromatic heterocycles. The number of benzene rings is 1. The van der Waals surface area contributed by atoms with Gasteiger partial charge in [-0.15, -0.1) is 12.4 Å². The number of carbonyl (C=O) groups excluding carboxylic acids is 1. The minimum absolute atomic E-state index is 0. The maximum Gasteiger partial charge on any atom is 0.471 e. The smallest absolute Gasteiger partial charge is 0.329 e. The predicted octanol–water partition coefficient (Wildman–Crippen LogP) is 3.49. The molecule has 0 saturated carbocycles. The molecule has 0 bridgehead atoms. The van der Waals surface area contributed by atoms with Crippen molar-refractivity contribution >= 4 is 24.0 Å². The van der Waals surface area contributed by atoms with Crippen LogP contribution in [0.25, 0.3) is 11.4 Å². The summed E-state index contributed by atoms with van der Waals surface area (Å²) in [6.07, 6.45) is -4.14. The molecule has 0 unspecified atom stereocenters. The molecule has 0 fully saturated rings. The topological polar surface area (TPSA) is 94.0 Å². The second kappa shape index (κ2) is 8.30. The zero-order valence-corrected chi connectivity index (χ0v) is 14.3. The lowest BCUT2D eigenvalue weighted by molar-refractivity contribution is -0.159. The van der Waals surface area contributed by atoms with E-state index in [0.717, 1.165) is 0 Å². The van der Waals surface area contributed by atoms with Crippen molar-refractivity contribution in [3.05, 3.63) is 30.2 Å². The fourth-order valence-corrected chi connectivity index (χ4v) is 2.01. The van der Waals surface area contributed by atoms with Crippen LogP contribution in [0.1, 0.15) is 26.2 Å². The third kappa shape index (κ3) is 5.71. The largest absolute Gasteiger partial charge is 0.471 e. The summed E-state index contributed by atoms with van der Waals surface area (Å²) in [6.45, 7) is 3.92. The zero-order chi connectivity index (χ0) is 17.9. The fourth-order valence-electron chi connectivity index (χ4n) is 2.01. The van der Waals surface area contributed by atoms with Crippen LogP contribution >= 0.6 is 12.4 Å². The molecule has 0 radical (unpaired) electrons. The molecular formula is C15H18ClF3N4O2. The molecule has 2 rings (SSSR count). The highest BCUT2D eigenvalue weighted by Crippen LogP contribution is 2.29. The Bertz CT molecular complexity index is 702. The third-order valence-electron chi connectivity index (χ3n) is 3.14. The summed E-state index contributed by atoms with van der Waals surface area (Å²) in [6, 6.07) is 5.39. The Hall–Kier alpha value is -2.13. The number of nitrogens with one attached hydrogen (secondary N) is 1. The van der Waals surface area contributed by atoms with E-state index in [4.69, 9.17) is 5.73 Å². The van der Waals surface area contributed by atoms with Gasteiger partial charge in [0.25, 0.3) is 0 Å². The first-order chi connectivity index (χ1) is 11.2. The van der Waals surface area contributed by atoms with Crippen molar-refractivity contribution in [1.29, 1.82) is 0 Å². The molecule has 1 aromatic carbocycles. The van der Waals surface area contributed by atoms with E-state index in [0.29, 0.717) is 17.7 Å².